The Morgan fingerprint density at radius 3 is 2.78 bits per heavy atom. The summed E-state index contributed by atoms with van der Waals surface area (Å²) in [6, 6.07) is 10.2. The Hall–Kier alpha value is -2.74. The number of nitriles is 1. The molecule has 90 valence electrons. The Morgan fingerprint density at radius 1 is 1.44 bits per heavy atom. The van der Waals surface area contributed by atoms with Gasteiger partial charge in [-0.05, 0) is 6.07 Å². The van der Waals surface area contributed by atoms with Gasteiger partial charge in [-0.25, -0.2) is 4.79 Å². The van der Waals surface area contributed by atoms with E-state index in [4.69, 9.17) is 15.4 Å². The lowest BCUT2D eigenvalue weighted by Gasteiger charge is -2.04. The lowest BCUT2D eigenvalue weighted by atomic mass is 10.1. The predicted molar refractivity (Wildman–Crippen MR) is 64.6 cm³/mol. The molecule has 2 rings (SSSR count). The first kappa shape index (κ1) is 11.7. The van der Waals surface area contributed by atoms with Crippen molar-refractivity contribution in [2.24, 2.45) is 0 Å². The Labute approximate surface area is 103 Å². The number of rotatable bonds is 2. The molecule has 1 heterocycles. The summed E-state index contributed by atoms with van der Waals surface area (Å²) in [5.41, 5.74) is 6.68. The fourth-order valence-electron chi connectivity index (χ4n) is 1.61. The molecule has 0 unspecified atom stereocenters. The second-order valence-corrected chi connectivity index (χ2v) is 3.54. The normalized spacial score (nSPS) is 9.78. The lowest BCUT2D eigenvalue weighted by molar-refractivity contribution is 0.0601. The van der Waals surface area contributed by atoms with Crippen LogP contribution in [0.25, 0.3) is 11.3 Å². The van der Waals surface area contributed by atoms with E-state index in [1.807, 2.05) is 6.07 Å². The predicted octanol–water partition coefficient (Wildman–Crippen LogP) is 2.19. The number of benzene rings is 1. The molecule has 0 amide bonds. The van der Waals surface area contributed by atoms with E-state index in [1.165, 1.54) is 13.2 Å². The minimum Gasteiger partial charge on any atom is -0.465 e. The van der Waals surface area contributed by atoms with E-state index in [1.54, 1.807) is 24.3 Å². The molecule has 1 aromatic heterocycles. The fourth-order valence-corrected chi connectivity index (χ4v) is 1.61. The molecular weight excluding hydrogens is 232 g/mol. The highest BCUT2D eigenvalue weighted by atomic mass is 16.5. The van der Waals surface area contributed by atoms with Crippen molar-refractivity contribution >= 4 is 11.9 Å². The van der Waals surface area contributed by atoms with Crippen molar-refractivity contribution in [2.45, 2.75) is 0 Å². The van der Waals surface area contributed by atoms with Gasteiger partial charge in [0.2, 0.25) is 5.88 Å². The molecule has 1 aromatic carbocycles. The van der Waals surface area contributed by atoms with Gasteiger partial charge in [0.25, 0.3) is 0 Å². The molecule has 0 atom stereocenters. The smallest absolute Gasteiger partial charge is 0.338 e. The highest BCUT2D eigenvalue weighted by molar-refractivity contribution is 5.96. The van der Waals surface area contributed by atoms with Crippen molar-refractivity contribution < 1.29 is 13.9 Å². The lowest BCUT2D eigenvalue weighted by Crippen LogP contribution is -2.02. The standard InChI is InChI=1S/C13H10N2O3/c1-17-13(16)10-5-3-2-4-9(10)11-6-8(7-14)12(15)18-11/h2-6H,15H2,1H3. The van der Waals surface area contributed by atoms with Gasteiger partial charge in [0, 0.05) is 11.6 Å². The maximum atomic E-state index is 11.6. The molecule has 0 aliphatic heterocycles. The summed E-state index contributed by atoms with van der Waals surface area (Å²) in [6.45, 7) is 0. The number of hydrogen-bond acceptors (Lipinski definition) is 5. The van der Waals surface area contributed by atoms with Crippen molar-refractivity contribution in [3.8, 4) is 17.4 Å². The van der Waals surface area contributed by atoms with Gasteiger partial charge in [0.15, 0.2) is 0 Å². The summed E-state index contributed by atoms with van der Waals surface area (Å²) < 4.78 is 9.96. The molecule has 5 heteroatoms. The molecule has 0 saturated carbocycles. The number of furan rings is 1. The molecule has 0 fully saturated rings. The number of ether oxygens (including phenoxy) is 1. The maximum absolute atomic E-state index is 11.6. The van der Waals surface area contributed by atoms with Gasteiger partial charge in [-0.2, -0.15) is 5.26 Å². The summed E-state index contributed by atoms with van der Waals surface area (Å²) in [5.74, 6) is -0.0729. The molecule has 0 radical (unpaired) electrons. The molecule has 0 saturated heterocycles. The third-order valence-corrected chi connectivity index (χ3v) is 2.48. The fraction of sp³-hybridized carbons (Fsp3) is 0.0769. The van der Waals surface area contributed by atoms with Crippen LogP contribution in [0.3, 0.4) is 0 Å². The van der Waals surface area contributed by atoms with Crippen molar-refractivity contribution in [1.82, 2.24) is 0 Å². The Balaban J connectivity index is 2.57. The van der Waals surface area contributed by atoms with Crippen LogP contribution in [0, 0.1) is 11.3 Å². The van der Waals surface area contributed by atoms with Crippen LogP contribution in [0.5, 0.6) is 0 Å². The number of nitrogen functional groups attached to an aromatic ring is 1. The molecule has 2 aromatic rings. The third-order valence-electron chi connectivity index (χ3n) is 2.48. The molecule has 0 bridgehead atoms. The van der Waals surface area contributed by atoms with E-state index >= 15 is 0 Å². The van der Waals surface area contributed by atoms with Crippen LogP contribution in [0.15, 0.2) is 34.7 Å². The molecule has 0 spiro atoms. The monoisotopic (exact) mass is 242 g/mol. The number of anilines is 1. The minimum absolute atomic E-state index is 0.0344. The number of carbonyl (C=O) groups excluding carboxylic acids is 1. The van der Waals surface area contributed by atoms with Crippen molar-refractivity contribution in [3.05, 3.63) is 41.5 Å². The number of carbonyl (C=O) groups is 1. The van der Waals surface area contributed by atoms with E-state index in [9.17, 15) is 4.79 Å². The maximum Gasteiger partial charge on any atom is 0.338 e. The summed E-state index contributed by atoms with van der Waals surface area (Å²) in [7, 11) is 1.30. The van der Waals surface area contributed by atoms with Crippen LogP contribution in [-0.4, -0.2) is 13.1 Å². The summed E-state index contributed by atoms with van der Waals surface area (Å²) >= 11 is 0. The van der Waals surface area contributed by atoms with Gasteiger partial charge < -0.3 is 14.9 Å². The molecule has 5 nitrogen and oxygen atoms in total. The van der Waals surface area contributed by atoms with E-state index in [0.717, 1.165) is 0 Å². The first-order valence-corrected chi connectivity index (χ1v) is 5.14. The number of nitrogens with zero attached hydrogens (tertiary/aromatic N) is 1. The van der Waals surface area contributed by atoms with Crippen molar-refractivity contribution in [1.29, 1.82) is 5.26 Å². The van der Waals surface area contributed by atoms with E-state index < -0.39 is 5.97 Å². The van der Waals surface area contributed by atoms with Gasteiger partial charge >= 0.3 is 5.97 Å². The van der Waals surface area contributed by atoms with Gasteiger partial charge in [-0.3, -0.25) is 0 Å². The average molecular weight is 242 g/mol. The number of nitrogens with two attached hydrogens (primary N) is 1. The minimum atomic E-state index is -0.473. The number of methoxy groups -OCH3 is 1. The summed E-state index contributed by atoms with van der Waals surface area (Å²) in [6.07, 6.45) is 0. The van der Waals surface area contributed by atoms with Crippen LogP contribution in [0.2, 0.25) is 0 Å². The first-order valence-electron chi connectivity index (χ1n) is 5.14. The SMILES string of the molecule is COC(=O)c1ccccc1-c1cc(C#N)c(N)o1. The molecule has 2 N–H and O–H groups in total. The second-order valence-electron chi connectivity index (χ2n) is 3.54. The Morgan fingerprint density at radius 2 is 2.17 bits per heavy atom. The van der Waals surface area contributed by atoms with Gasteiger partial charge in [0.1, 0.15) is 17.4 Å². The van der Waals surface area contributed by atoms with E-state index in [-0.39, 0.29) is 11.4 Å². The van der Waals surface area contributed by atoms with Crippen LogP contribution in [-0.2, 0) is 4.74 Å². The summed E-state index contributed by atoms with van der Waals surface area (Å²) in [5, 5.41) is 8.82. The van der Waals surface area contributed by atoms with Crippen molar-refractivity contribution in [3.63, 3.8) is 0 Å². The summed E-state index contributed by atoms with van der Waals surface area (Å²) in [4.78, 5) is 11.6. The largest absolute Gasteiger partial charge is 0.465 e. The molecule has 18 heavy (non-hydrogen) atoms. The first-order chi connectivity index (χ1) is 8.67. The molecular formula is C13H10N2O3. The number of esters is 1. The third kappa shape index (κ3) is 1.92. The van der Waals surface area contributed by atoms with Gasteiger partial charge in [-0.15, -0.1) is 0 Å². The van der Waals surface area contributed by atoms with Gasteiger partial charge in [0.05, 0.1) is 12.7 Å². The van der Waals surface area contributed by atoms with Crippen LogP contribution >= 0.6 is 0 Å². The topological polar surface area (TPSA) is 89.2 Å². The van der Waals surface area contributed by atoms with Crippen LogP contribution in [0.1, 0.15) is 15.9 Å². The zero-order valence-corrected chi connectivity index (χ0v) is 9.64. The highest BCUT2D eigenvalue weighted by Gasteiger charge is 2.17. The van der Waals surface area contributed by atoms with E-state index in [0.29, 0.717) is 16.9 Å². The highest BCUT2D eigenvalue weighted by Crippen LogP contribution is 2.29. The van der Waals surface area contributed by atoms with Gasteiger partial charge in [-0.1, -0.05) is 18.2 Å². The second kappa shape index (κ2) is 4.63. The zero-order valence-electron chi connectivity index (χ0n) is 9.64. The number of hydrogen-bond donors (Lipinski definition) is 1. The Kier molecular flexibility index (Phi) is 3.02. The molecule has 0 aliphatic rings. The zero-order chi connectivity index (χ0) is 13.1. The molecule has 0 aliphatic carbocycles. The average Bonchev–Trinajstić information content (AvgIpc) is 2.79. The quantitative estimate of drug-likeness (QED) is 0.815. The van der Waals surface area contributed by atoms with E-state index in [2.05, 4.69) is 4.74 Å². The van der Waals surface area contributed by atoms with Crippen molar-refractivity contribution in [2.75, 3.05) is 12.8 Å². The Bertz CT molecular complexity index is 638. The van der Waals surface area contributed by atoms with Crippen LogP contribution < -0.4 is 5.73 Å². The van der Waals surface area contributed by atoms with Crippen LogP contribution in [0.4, 0.5) is 5.88 Å².